The number of aryl methyl sites for hydroxylation is 1. The Morgan fingerprint density at radius 3 is 3.13 bits per heavy atom. The van der Waals surface area contributed by atoms with Crippen LogP contribution in [0.5, 0.6) is 0 Å². The van der Waals surface area contributed by atoms with Gasteiger partial charge in [-0.1, -0.05) is 6.92 Å². The van der Waals surface area contributed by atoms with Crippen LogP contribution in [0.25, 0.3) is 5.52 Å². The summed E-state index contributed by atoms with van der Waals surface area (Å²) in [6.07, 6.45) is 5.83. The molecule has 2 heteroatoms. The zero-order chi connectivity index (χ0) is 10.4. The number of nitrogens with zero attached hydrogens (tertiary/aromatic N) is 1. The van der Waals surface area contributed by atoms with Gasteiger partial charge in [0, 0.05) is 23.1 Å². The fourth-order valence-corrected chi connectivity index (χ4v) is 2.63. The fraction of sp³-hybridized carbons (Fsp3) is 0.385. The van der Waals surface area contributed by atoms with E-state index in [9.17, 15) is 0 Å². The first-order valence-corrected chi connectivity index (χ1v) is 5.62. The number of aromatic nitrogens is 1. The van der Waals surface area contributed by atoms with Gasteiger partial charge in [0.25, 0.3) is 0 Å². The summed E-state index contributed by atoms with van der Waals surface area (Å²) in [7, 11) is 0. The summed E-state index contributed by atoms with van der Waals surface area (Å²) < 4.78 is 2.29. The highest BCUT2D eigenvalue weighted by atomic mass is 14.9. The van der Waals surface area contributed by atoms with Crippen LogP contribution in [-0.4, -0.2) is 4.40 Å². The van der Waals surface area contributed by atoms with Crippen molar-refractivity contribution in [1.82, 2.24) is 4.40 Å². The van der Waals surface area contributed by atoms with Gasteiger partial charge < -0.3 is 10.1 Å². The number of anilines is 1. The Morgan fingerprint density at radius 2 is 2.27 bits per heavy atom. The van der Waals surface area contributed by atoms with Crippen molar-refractivity contribution < 1.29 is 0 Å². The summed E-state index contributed by atoms with van der Waals surface area (Å²) in [5.41, 5.74) is 10.9. The molecular formula is C13H16N2. The van der Waals surface area contributed by atoms with Crippen LogP contribution >= 0.6 is 0 Å². The second-order valence-electron chi connectivity index (χ2n) is 4.72. The van der Waals surface area contributed by atoms with E-state index in [1.54, 1.807) is 0 Å². The monoisotopic (exact) mass is 200 g/mol. The van der Waals surface area contributed by atoms with E-state index in [4.69, 9.17) is 5.73 Å². The van der Waals surface area contributed by atoms with Crippen LogP contribution in [0, 0.1) is 5.92 Å². The number of nitrogens with two attached hydrogens (primary N) is 1. The summed E-state index contributed by atoms with van der Waals surface area (Å²) in [5.74, 6) is 0.826. The molecule has 0 saturated carbocycles. The van der Waals surface area contributed by atoms with Gasteiger partial charge in [-0.2, -0.15) is 0 Å². The molecule has 0 aromatic carbocycles. The van der Waals surface area contributed by atoms with Gasteiger partial charge in [0.05, 0.1) is 0 Å². The largest absolute Gasteiger partial charge is 0.399 e. The van der Waals surface area contributed by atoms with Gasteiger partial charge in [0.15, 0.2) is 0 Å². The summed E-state index contributed by atoms with van der Waals surface area (Å²) in [5, 5.41) is 0. The van der Waals surface area contributed by atoms with Crippen molar-refractivity contribution in [2.24, 2.45) is 5.92 Å². The molecule has 0 amide bonds. The highest BCUT2D eigenvalue weighted by Crippen LogP contribution is 2.28. The standard InChI is InChI=1S/C13H16N2/c1-9-2-3-13-10(6-9)7-12-8-11(14)4-5-15(12)13/h4-5,7-9H,2-3,6,14H2,1H3. The van der Waals surface area contributed by atoms with Gasteiger partial charge in [0.2, 0.25) is 0 Å². The Bertz CT molecular complexity index is 510. The van der Waals surface area contributed by atoms with Crippen molar-refractivity contribution in [3.63, 3.8) is 0 Å². The van der Waals surface area contributed by atoms with E-state index in [1.165, 1.54) is 36.0 Å². The lowest BCUT2D eigenvalue weighted by atomic mass is 9.89. The van der Waals surface area contributed by atoms with E-state index in [0.29, 0.717) is 0 Å². The number of rotatable bonds is 0. The van der Waals surface area contributed by atoms with Crippen molar-refractivity contribution in [1.29, 1.82) is 0 Å². The maximum absolute atomic E-state index is 5.80. The van der Waals surface area contributed by atoms with Crippen LogP contribution in [0.15, 0.2) is 24.4 Å². The lowest BCUT2D eigenvalue weighted by molar-refractivity contribution is 0.495. The molecule has 2 heterocycles. The molecule has 0 aliphatic heterocycles. The minimum Gasteiger partial charge on any atom is -0.399 e. The quantitative estimate of drug-likeness (QED) is 0.696. The van der Waals surface area contributed by atoms with Crippen molar-refractivity contribution in [2.75, 3.05) is 5.73 Å². The third kappa shape index (κ3) is 1.32. The Kier molecular flexibility index (Phi) is 1.78. The average Bonchev–Trinajstić information content (AvgIpc) is 2.53. The van der Waals surface area contributed by atoms with Crippen molar-refractivity contribution in [3.05, 3.63) is 35.7 Å². The van der Waals surface area contributed by atoms with Gasteiger partial charge in [0.1, 0.15) is 0 Å². The molecule has 0 saturated heterocycles. The van der Waals surface area contributed by atoms with Crippen molar-refractivity contribution in [3.8, 4) is 0 Å². The van der Waals surface area contributed by atoms with Gasteiger partial charge in [-0.25, -0.2) is 0 Å². The molecule has 1 atom stereocenters. The Hall–Kier alpha value is -1.44. The smallest absolute Gasteiger partial charge is 0.0476 e. The molecule has 1 aliphatic rings. The first kappa shape index (κ1) is 8.84. The fourth-order valence-electron chi connectivity index (χ4n) is 2.63. The number of hydrogen-bond donors (Lipinski definition) is 1. The average molecular weight is 200 g/mol. The molecule has 3 rings (SSSR count). The van der Waals surface area contributed by atoms with Gasteiger partial charge in [-0.3, -0.25) is 0 Å². The summed E-state index contributed by atoms with van der Waals surface area (Å²) in [6, 6.07) is 6.33. The van der Waals surface area contributed by atoms with E-state index in [0.717, 1.165) is 11.6 Å². The molecule has 15 heavy (non-hydrogen) atoms. The Labute approximate surface area is 89.7 Å². The third-order valence-electron chi connectivity index (χ3n) is 3.43. The van der Waals surface area contributed by atoms with E-state index in [-0.39, 0.29) is 0 Å². The normalized spacial score (nSPS) is 20.5. The molecule has 2 aromatic heterocycles. The molecule has 2 nitrogen and oxygen atoms in total. The Morgan fingerprint density at radius 1 is 1.40 bits per heavy atom. The zero-order valence-corrected chi connectivity index (χ0v) is 9.03. The number of hydrogen-bond acceptors (Lipinski definition) is 1. The van der Waals surface area contributed by atoms with E-state index >= 15 is 0 Å². The molecular weight excluding hydrogens is 184 g/mol. The van der Waals surface area contributed by atoms with Gasteiger partial charge >= 0.3 is 0 Å². The number of fused-ring (bicyclic) bond motifs is 3. The second-order valence-corrected chi connectivity index (χ2v) is 4.72. The molecule has 0 bridgehead atoms. The Balaban J connectivity index is 2.23. The van der Waals surface area contributed by atoms with Crippen LogP contribution in [-0.2, 0) is 12.8 Å². The third-order valence-corrected chi connectivity index (χ3v) is 3.43. The van der Waals surface area contributed by atoms with Crippen molar-refractivity contribution >= 4 is 11.2 Å². The van der Waals surface area contributed by atoms with Gasteiger partial charge in [-0.15, -0.1) is 0 Å². The summed E-state index contributed by atoms with van der Waals surface area (Å²) in [4.78, 5) is 0. The van der Waals surface area contributed by atoms with Crippen LogP contribution < -0.4 is 5.73 Å². The maximum atomic E-state index is 5.80. The van der Waals surface area contributed by atoms with Crippen LogP contribution in [0.1, 0.15) is 24.6 Å². The first-order chi connectivity index (χ1) is 7.24. The minimum atomic E-state index is 0.826. The summed E-state index contributed by atoms with van der Waals surface area (Å²) in [6.45, 7) is 2.33. The second kappa shape index (κ2) is 3.02. The van der Waals surface area contributed by atoms with E-state index in [2.05, 4.69) is 29.7 Å². The molecule has 78 valence electrons. The molecule has 1 unspecified atom stereocenters. The predicted molar refractivity (Wildman–Crippen MR) is 63.0 cm³/mol. The zero-order valence-electron chi connectivity index (χ0n) is 9.03. The molecule has 2 N–H and O–H groups in total. The minimum absolute atomic E-state index is 0.826. The number of nitrogen functional groups attached to an aromatic ring is 1. The molecule has 0 spiro atoms. The summed E-state index contributed by atoms with van der Waals surface area (Å²) >= 11 is 0. The molecule has 2 aromatic rings. The van der Waals surface area contributed by atoms with Gasteiger partial charge in [-0.05, 0) is 48.9 Å². The van der Waals surface area contributed by atoms with Crippen molar-refractivity contribution in [2.45, 2.75) is 26.2 Å². The van der Waals surface area contributed by atoms with Crippen LogP contribution in [0.4, 0.5) is 5.69 Å². The molecule has 0 fully saturated rings. The van der Waals surface area contributed by atoms with Crippen LogP contribution in [0.3, 0.4) is 0 Å². The van der Waals surface area contributed by atoms with E-state index < -0.39 is 0 Å². The SMILES string of the molecule is CC1CCc2c(cc3cc(N)ccn23)C1. The van der Waals surface area contributed by atoms with Crippen LogP contribution in [0.2, 0.25) is 0 Å². The predicted octanol–water partition coefficient (Wildman–Crippen LogP) is 2.65. The molecule has 0 radical (unpaired) electrons. The molecule has 1 aliphatic carbocycles. The topological polar surface area (TPSA) is 30.4 Å². The number of pyridine rings is 1. The lowest BCUT2D eigenvalue weighted by Gasteiger charge is -2.18. The lowest BCUT2D eigenvalue weighted by Crippen LogP contribution is -2.11. The first-order valence-electron chi connectivity index (χ1n) is 5.62. The van der Waals surface area contributed by atoms with E-state index in [1.807, 2.05) is 6.07 Å². The highest BCUT2D eigenvalue weighted by molar-refractivity contribution is 5.60. The highest BCUT2D eigenvalue weighted by Gasteiger charge is 2.18. The maximum Gasteiger partial charge on any atom is 0.0476 e.